The first kappa shape index (κ1) is 20.6. The Bertz CT molecular complexity index is 1140. The number of nitriles is 1. The molecule has 6 nitrogen and oxygen atoms in total. The van der Waals surface area contributed by atoms with Crippen molar-refractivity contribution >= 4 is 5.78 Å². The molecule has 2 saturated heterocycles. The molecule has 6 heteroatoms. The average molecular weight is 427 g/mol. The number of carbonyl (C=O) groups excluding carboxylic acids is 1. The molecule has 2 aliphatic rings. The minimum absolute atomic E-state index is 0.0181. The van der Waals surface area contributed by atoms with E-state index in [1.807, 2.05) is 36.4 Å². The van der Waals surface area contributed by atoms with Gasteiger partial charge in [0.05, 0.1) is 17.7 Å². The summed E-state index contributed by atoms with van der Waals surface area (Å²) in [5.41, 5.74) is 4.24. The van der Waals surface area contributed by atoms with Crippen LogP contribution in [0.5, 0.6) is 0 Å². The molecule has 3 aromatic rings. The van der Waals surface area contributed by atoms with Crippen molar-refractivity contribution in [3.63, 3.8) is 0 Å². The number of rotatable bonds is 5. The standard InChI is InChI=1S/C26H26N4O2/c27-15-17-4-1-5-18(14-17)19-9-10-28-16-22(19)25(31)21-7-2-6-20(23-8-3-13-32-23)24(21)26-29-11-12-30-26/h1-2,4-7,11-12,14,19,22-23,28H,3,8-10,13,16H2,(H,29,30). The zero-order valence-corrected chi connectivity index (χ0v) is 17.9. The first-order chi connectivity index (χ1) is 15.8. The van der Waals surface area contributed by atoms with E-state index in [4.69, 9.17) is 4.74 Å². The second kappa shape index (κ2) is 9.07. The normalized spacial score (nSPS) is 23.0. The third-order valence-corrected chi connectivity index (χ3v) is 6.64. The summed E-state index contributed by atoms with van der Waals surface area (Å²) in [6.07, 6.45) is 6.30. The van der Waals surface area contributed by atoms with Gasteiger partial charge in [-0.2, -0.15) is 5.26 Å². The Morgan fingerprint density at radius 1 is 1.19 bits per heavy atom. The Labute approximate surface area is 187 Å². The van der Waals surface area contributed by atoms with Crippen molar-refractivity contribution < 1.29 is 9.53 Å². The third-order valence-electron chi connectivity index (χ3n) is 6.64. The van der Waals surface area contributed by atoms with Crippen molar-refractivity contribution in [1.29, 1.82) is 5.26 Å². The molecule has 3 atom stereocenters. The summed E-state index contributed by atoms with van der Waals surface area (Å²) >= 11 is 0. The predicted octanol–water partition coefficient (Wildman–Crippen LogP) is 4.38. The smallest absolute Gasteiger partial charge is 0.168 e. The number of nitrogens with one attached hydrogen (secondary N) is 2. The maximum Gasteiger partial charge on any atom is 0.168 e. The quantitative estimate of drug-likeness (QED) is 0.591. The Kier molecular flexibility index (Phi) is 5.85. The Balaban J connectivity index is 1.57. The Morgan fingerprint density at radius 3 is 2.88 bits per heavy atom. The van der Waals surface area contributed by atoms with Gasteiger partial charge in [0, 0.05) is 42.6 Å². The number of aromatic amines is 1. The van der Waals surface area contributed by atoms with Crippen molar-refractivity contribution in [3.05, 3.63) is 77.1 Å². The summed E-state index contributed by atoms with van der Waals surface area (Å²) in [5.74, 6) is 0.654. The molecule has 0 aliphatic carbocycles. The molecule has 0 radical (unpaired) electrons. The number of piperidine rings is 1. The zero-order chi connectivity index (χ0) is 21.9. The number of ether oxygens (including phenoxy) is 1. The van der Waals surface area contributed by atoms with Gasteiger partial charge in [-0.25, -0.2) is 4.98 Å². The van der Waals surface area contributed by atoms with E-state index in [1.54, 1.807) is 12.4 Å². The summed E-state index contributed by atoms with van der Waals surface area (Å²) in [7, 11) is 0. The molecule has 2 N–H and O–H groups in total. The minimum Gasteiger partial charge on any atom is -0.374 e. The number of benzene rings is 2. The fourth-order valence-corrected chi connectivity index (χ4v) is 5.10. The van der Waals surface area contributed by atoms with Crippen LogP contribution in [0.2, 0.25) is 0 Å². The highest BCUT2D eigenvalue weighted by atomic mass is 16.5. The average Bonchev–Trinajstić information content (AvgIpc) is 3.58. The van der Waals surface area contributed by atoms with Gasteiger partial charge in [-0.05, 0) is 55.0 Å². The summed E-state index contributed by atoms with van der Waals surface area (Å²) in [4.78, 5) is 21.7. The fourth-order valence-electron chi connectivity index (χ4n) is 5.10. The number of hydrogen-bond donors (Lipinski definition) is 2. The van der Waals surface area contributed by atoms with Crippen LogP contribution in [-0.2, 0) is 4.74 Å². The SMILES string of the molecule is N#Cc1cccc(C2CCNCC2C(=O)c2cccc(C3CCCO3)c2-c2ncc[nH]2)c1. The summed E-state index contributed by atoms with van der Waals surface area (Å²) in [6.45, 7) is 2.21. The van der Waals surface area contributed by atoms with Crippen molar-refractivity contribution in [2.24, 2.45) is 5.92 Å². The van der Waals surface area contributed by atoms with E-state index in [9.17, 15) is 10.1 Å². The van der Waals surface area contributed by atoms with Gasteiger partial charge >= 0.3 is 0 Å². The lowest BCUT2D eigenvalue weighted by Gasteiger charge is -2.32. The lowest BCUT2D eigenvalue weighted by Crippen LogP contribution is -2.40. The molecule has 2 fully saturated rings. The number of aromatic nitrogens is 2. The fraction of sp³-hybridized carbons (Fsp3) is 0.346. The maximum absolute atomic E-state index is 14.0. The van der Waals surface area contributed by atoms with Crippen LogP contribution in [0.15, 0.2) is 54.9 Å². The number of ketones is 1. The van der Waals surface area contributed by atoms with Gasteiger partial charge in [-0.1, -0.05) is 30.3 Å². The van der Waals surface area contributed by atoms with Crippen molar-refractivity contribution in [3.8, 4) is 17.5 Å². The molecule has 5 rings (SSSR count). The van der Waals surface area contributed by atoms with E-state index in [1.165, 1.54) is 0 Å². The second-order valence-electron chi connectivity index (χ2n) is 8.52. The maximum atomic E-state index is 14.0. The van der Waals surface area contributed by atoms with Crippen LogP contribution in [0.3, 0.4) is 0 Å². The van der Waals surface area contributed by atoms with E-state index < -0.39 is 0 Å². The van der Waals surface area contributed by atoms with Crippen molar-refractivity contribution in [1.82, 2.24) is 15.3 Å². The molecule has 3 heterocycles. The molecule has 0 spiro atoms. The molecule has 0 bridgehead atoms. The van der Waals surface area contributed by atoms with Crippen LogP contribution in [0, 0.1) is 17.2 Å². The monoisotopic (exact) mass is 426 g/mol. The Morgan fingerprint density at radius 2 is 2.09 bits per heavy atom. The number of carbonyl (C=O) groups is 1. The summed E-state index contributed by atoms with van der Waals surface area (Å²) < 4.78 is 5.98. The molecule has 32 heavy (non-hydrogen) atoms. The molecule has 2 aromatic carbocycles. The number of H-pyrrole nitrogens is 1. The molecule has 1 aromatic heterocycles. The highest BCUT2D eigenvalue weighted by Gasteiger charge is 2.35. The lowest BCUT2D eigenvalue weighted by atomic mass is 9.76. The van der Waals surface area contributed by atoms with Crippen LogP contribution >= 0.6 is 0 Å². The molecular weight excluding hydrogens is 400 g/mol. The first-order valence-electron chi connectivity index (χ1n) is 11.3. The van der Waals surface area contributed by atoms with Crippen molar-refractivity contribution in [2.75, 3.05) is 19.7 Å². The molecule has 0 saturated carbocycles. The van der Waals surface area contributed by atoms with E-state index in [2.05, 4.69) is 27.4 Å². The summed E-state index contributed by atoms with van der Waals surface area (Å²) in [6, 6.07) is 15.8. The van der Waals surface area contributed by atoms with Crippen LogP contribution in [-0.4, -0.2) is 35.4 Å². The number of hydrogen-bond acceptors (Lipinski definition) is 5. The van der Waals surface area contributed by atoms with E-state index in [0.717, 1.165) is 49.1 Å². The molecular formula is C26H26N4O2. The molecule has 3 unspecified atom stereocenters. The van der Waals surface area contributed by atoms with Gasteiger partial charge in [-0.3, -0.25) is 4.79 Å². The highest BCUT2D eigenvalue weighted by molar-refractivity contribution is 6.04. The predicted molar refractivity (Wildman–Crippen MR) is 121 cm³/mol. The van der Waals surface area contributed by atoms with E-state index in [-0.39, 0.29) is 23.7 Å². The first-order valence-corrected chi connectivity index (χ1v) is 11.3. The number of imidazole rings is 1. The van der Waals surface area contributed by atoms with E-state index >= 15 is 0 Å². The van der Waals surface area contributed by atoms with Crippen LogP contribution in [0.4, 0.5) is 0 Å². The molecule has 2 aliphatic heterocycles. The Hall–Kier alpha value is -3.27. The minimum atomic E-state index is -0.217. The zero-order valence-electron chi connectivity index (χ0n) is 17.9. The van der Waals surface area contributed by atoms with Crippen LogP contribution < -0.4 is 5.32 Å². The third kappa shape index (κ3) is 3.86. The van der Waals surface area contributed by atoms with Gasteiger partial charge in [-0.15, -0.1) is 0 Å². The van der Waals surface area contributed by atoms with Gasteiger partial charge in [0.1, 0.15) is 5.82 Å². The van der Waals surface area contributed by atoms with E-state index in [0.29, 0.717) is 23.5 Å². The van der Waals surface area contributed by atoms with Crippen molar-refractivity contribution in [2.45, 2.75) is 31.3 Å². The topological polar surface area (TPSA) is 90.8 Å². The van der Waals surface area contributed by atoms with Gasteiger partial charge in [0.15, 0.2) is 5.78 Å². The van der Waals surface area contributed by atoms with Crippen LogP contribution in [0.25, 0.3) is 11.4 Å². The van der Waals surface area contributed by atoms with Gasteiger partial charge in [0.25, 0.3) is 0 Å². The number of nitrogens with zero attached hydrogens (tertiary/aromatic N) is 2. The second-order valence-corrected chi connectivity index (χ2v) is 8.52. The lowest BCUT2D eigenvalue weighted by molar-refractivity contribution is 0.0880. The highest BCUT2D eigenvalue weighted by Crippen LogP contribution is 2.39. The van der Waals surface area contributed by atoms with Gasteiger partial charge < -0.3 is 15.0 Å². The largest absolute Gasteiger partial charge is 0.374 e. The number of Topliss-reactive ketones (excluding diaryl/α,β-unsaturated/α-hetero) is 1. The van der Waals surface area contributed by atoms with Gasteiger partial charge in [0.2, 0.25) is 0 Å². The summed E-state index contributed by atoms with van der Waals surface area (Å²) in [5, 5.41) is 12.7. The molecule has 162 valence electrons. The molecule has 0 amide bonds. The van der Waals surface area contributed by atoms with Crippen LogP contribution in [0.1, 0.15) is 58.3 Å².